The number of nitrogens with one attached hydrogen (secondary N) is 1. The zero-order valence-electron chi connectivity index (χ0n) is 12.7. The van der Waals surface area contributed by atoms with Crippen molar-refractivity contribution in [1.29, 1.82) is 0 Å². The minimum atomic E-state index is 0.373. The Bertz CT molecular complexity index is 259. The first-order chi connectivity index (χ1) is 8.50. The second-order valence-corrected chi connectivity index (χ2v) is 7.06. The van der Waals surface area contributed by atoms with E-state index in [1.165, 1.54) is 45.6 Å². The fourth-order valence-corrected chi connectivity index (χ4v) is 3.30. The van der Waals surface area contributed by atoms with Crippen LogP contribution in [0.25, 0.3) is 0 Å². The largest absolute Gasteiger partial charge is 0.311 e. The van der Waals surface area contributed by atoms with Gasteiger partial charge in [0.05, 0.1) is 0 Å². The molecule has 1 N–H and O–H groups in total. The maximum absolute atomic E-state index is 3.70. The molecule has 2 unspecified atom stereocenters. The van der Waals surface area contributed by atoms with Crippen LogP contribution in [-0.2, 0) is 0 Å². The smallest absolute Gasteiger partial charge is 0.0244 e. The third-order valence-corrected chi connectivity index (χ3v) is 4.70. The van der Waals surface area contributed by atoms with Crippen molar-refractivity contribution in [3.63, 3.8) is 0 Å². The molecule has 3 nitrogen and oxygen atoms in total. The number of piperidine rings is 1. The van der Waals surface area contributed by atoms with E-state index in [1.807, 2.05) is 0 Å². The molecule has 2 aliphatic rings. The number of hydrogen-bond acceptors (Lipinski definition) is 3. The van der Waals surface area contributed by atoms with Gasteiger partial charge in [-0.25, -0.2) is 0 Å². The van der Waals surface area contributed by atoms with E-state index in [0.717, 1.165) is 12.6 Å². The third-order valence-electron chi connectivity index (χ3n) is 4.70. The molecule has 0 radical (unpaired) electrons. The third kappa shape index (κ3) is 3.46. The molecule has 0 aliphatic carbocycles. The molecule has 0 aromatic rings. The molecule has 0 amide bonds. The van der Waals surface area contributed by atoms with E-state index in [-0.39, 0.29) is 0 Å². The molecular formula is C15H31N3. The van der Waals surface area contributed by atoms with E-state index < -0.39 is 0 Å². The van der Waals surface area contributed by atoms with Crippen LogP contribution in [0.5, 0.6) is 0 Å². The summed E-state index contributed by atoms with van der Waals surface area (Å²) in [5.41, 5.74) is 0.373. The van der Waals surface area contributed by atoms with Gasteiger partial charge < -0.3 is 10.2 Å². The van der Waals surface area contributed by atoms with Crippen molar-refractivity contribution in [3.8, 4) is 0 Å². The predicted molar refractivity (Wildman–Crippen MR) is 78.0 cm³/mol. The summed E-state index contributed by atoms with van der Waals surface area (Å²) < 4.78 is 0. The molecule has 3 heteroatoms. The summed E-state index contributed by atoms with van der Waals surface area (Å²) in [6.07, 6.45) is 2.77. The quantitative estimate of drug-likeness (QED) is 0.809. The second-order valence-electron chi connectivity index (χ2n) is 7.06. The van der Waals surface area contributed by atoms with Crippen molar-refractivity contribution in [2.75, 3.05) is 39.3 Å². The number of rotatable bonds is 2. The molecule has 0 saturated carbocycles. The molecule has 0 spiro atoms. The number of piperazine rings is 1. The fourth-order valence-electron chi connectivity index (χ4n) is 3.30. The number of nitrogens with zero attached hydrogens (tertiary/aromatic N) is 2. The van der Waals surface area contributed by atoms with E-state index in [9.17, 15) is 0 Å². The van der Waals surface area contributed by atoms with Gasteiger partial charge in [0.15, 0.2) is 0 Å². The van der Waals surface area contributed by atoms with E-state index >= 15 is 0 Å². The number of likely N-dealkylation sites (tertiary alicyclic amines) is 1. The van der Waals surface area contributed by atoms with E-state index in [1.54, 1.807) is 0 Å². The zero-order chi connectivity index (χ0) is 13.2. The summed E-state index contributed by atoms with van der Waals surface area (Å²) >= 11 is 0. The van der Waals surface area contributed by atoms with Gasteiger partial charge in [0.1, 0.15) is 0 Å². The highest BCUT2D eigenvalue weighted by molar-refractivity contribution is 4.91. The molecule has 2 fully saturated rings. The van der Waals surface area contributed by atoms with Gasteiger partial charge in [0.2, 0.25) is 0 Å². The minimum absolute atomic E-state index is 0.373. The van der Waals surface area contributed by atoms with Crippen LogP contribution in [0.3, 0.4) is 0 Å². The lowest BCUT2D eigenvalue weighted by molar-refractivity contribution is 0.0548. The zero-order valence-corrected chi connectivity index (χ0v) is 12.7. The maximum atomic E-state index is 3.70. The number of likely N-dealkylation sites (N-methyl/N-ethyl adjacent to an activating group) is 1. The Kier molecular flexibility index (Phi) is 4.68. The Hall–Kier alpha value is -0.120. The average molecular weight is 253 g/mol. The molecule has 18 heavy (non-hydrogen) atoms. The van der Waals surface area contributed by atoms with Gasteiger partial charge in [0, 0.05) is 38.3 Å². The van der Waals surface area contributed by atoms with Gasteiger partial charge in [-0.2, -0.15) is 0 Å². The van der Waals surface area contributed by atoms with Gasteiger partial charge >= 0.3 is 0 Å². The lowest BCUT2D eigenvalue weighted by Gasteiger charge is -2.46. The first-order valence-corrected chi connectivity index (χ1v) is 7.70. The summed E-state index contributed by atoms with van der Waals surface area (Å²) in [5, 5.41) is 3.70. The first kappa shape index (κ1) is 14.3. The molecule has 0 aromatic carbocycles. The van der Waals surface area contributed by atoms with Crippen LogP contribution in [0.2, 0.25) is 0 Å². The van der Waals surface area contributed by atoms with Crippen LogP contribution in [0.1, 0.15) is 40.5 Å². The highest BCUT2D eigenvalue weighted by atomic mass is 15.3. The van der Waals surface area contributed by atoms with Crippen LogP contribution in [0.15, 0.2) is 0 Å². The van der Waals surface area contributed by atoms with E-state index in [2.05, 4.69) is 42.8 Å². The number of hydrogen-bond donors (Lipinski definition) is 1. The van der Waals surface area contributed by atoms with Gasteiger partial charge in [-0.15, -0.1) is 0 Å². The van der Waals surface area contributed by atoms with Gasteiger partial charge in [0.25, 0.3) is 0 Å². The highest BCUT2D eigenvalue weighted by Crippen LogP contribution is 2.24. The Morgan fingerprint density at radius 1 is 1.17 bits per heavy atom. The molecule has 0 bridgehead atoms. The van der Waals surface area contributed by atoms with Crippen LogP contribution in [0, 0.1) is 5.41 Å². The van der Waals surface area contributed by atoms with Crippen LogP contribution in [0.4, 0.5) is 0 Å². The Morgan fingerprint density at radius 2 is 1.94 bits per heavy atom. The van der Waals surface area contributed by atoms with Gasteiger partial charge in [-0.05, 0) is 31.3 Å². The van der Waals surface area contributed by atoms with Gasteiger partial charge in [-0.3, -0.25) is 4.90 Å². The molecule has 106 valence electrons. The normalized spacial score (nSPS) is 32.7. The molecule has 2 rings (SSSR count). The van der Waals surface area contributed by atoms with Gasteiger partial charge in [-0.1, -0.05) is 27.7 Å². The standard InChI is InChI=1S/C15H31N3/c1-5-17-9-6-7-13(11-17)18-10-8-16-14(12-18)15(2,3)4/h13-14,16H,5-12H2,1-4H3. The molecular weight excluding hydrogens is 222 g/mol. The Balaban J connectivity index is 1.92. The maximum Gasteiger partial charge on any atom is 0.0244 e. The molecule has 2 aliphatic heterocycles. The summed E-state index contributed by atoms with van der Waals surface area (Å²) in [6.45, 7) is 16.8. The van der Waals surface area contributed by atoms with Crippen molar-refractivity contribution >= 4 is 0 Å². The molecule has 2 heterocycles. The summed E-state index contributed by atoms with van der Waals surface area (Å²) in [5.74, 6) is 0. The van der Waals surface area contributed by atoms with Crippen molar-refractivity contribution in [2.45, 2.75) is 52.6 Å². The lowest BCUT2D eigenvalue weighted by Crippen LogP contribution is -2.60. The fraction of sp³-hybridized carbons (Fsp3) is 1.00. The van der Waals surface area contributed by atoms with Crippen LogP contribution >= 0.6 is 0 Å². The minimum Gasteiger partial charge on any atom is -0.311 e. The summed E-state index contributed by atoms with van der Waals surface area (Å²) in [6, 6.07) is 1.44. The lowest BCUT2D eigenvalue weighted by atomic mass is 9.85. The van der Waals surface area contributed by atoms with Crippen LogP contribution < -0.4 is 5.32 Å². The summed E-state index contributed by atoms with van der Waals surface area (Å²) in [4.78, 5) is 5.36. The van der Waals surface area contributed by atoms with Crippen molar-refractivity contribution < 1.29 is 0 Å². The van der Waals surface area contributed by atoms with Crippen molar-refractivity contribution in [3.05, 3.63) is 0 Å². The molecule has 0 aromatic heterocycles. The monoisotopic (exact) mass is 253 g/mol. The molecule has 2 atom stereocenters. The summed E-state index contributed by atoms with van der Waals surface area (Å²) in [7, 11) is 0. The first-order valence-electron chi connectivity index (χ1n) is 7.70. The molecule has 2 saturated heterocycles. The van der Waals surface area contributed by atoms with Crippen molar-refractivity contribution in [1.82, 2.24) is 15.1 Å². The SMILES string of the molecule is CCN1CCCC(N2CCNC(C(C)(C)C)C2)C1. The van der Waals surface area contributed by atoms with E-state index in [0.29, 0.717) is 11.5 Å². The Labute approximate surface area is 113 Å². The highest BCUT2D eigenvalue weighted by Gasteiger charge is 2.33. The van der Waals surface area contributed by atoms with Crippen LogP contribution in [-0.4, -0.2) is 61.2 Å². The topological polar surface area (TPSA) is 18.5 Å². The predicted octanol–water partition coefficient (Wildman–Crippen LogP) is 1.79. The van der Waals surface area contributed by atoms with Crippen molar-refractivity contribution in [2.24, 2.45) is 5.41 Å². The van der Waals surface area contributed by atoms with E-state index in [4.69, 9.17) is 0 Å². The second kappa shape index (κ2) is 5.89. The average Bonchev–Trinajstić information content (AvgIpc) is 2.38. The Morgan fingerprint density at radius 3 is 2.61 bits per heavy atom.